The van der Waals surface area contributed by atoms with E-state index in [4.69, 9.17) is 9.97 Å². The molecule has 3 aromatic rings. The molecule has 52 heavy (non-hydrogen) atoms. The zero-order valence-electron chi connectivity index (χ0n) is 34.0. The number of hydrogen-bond acceptors (Lipinski definition) is 8. The number of pyridine rings is 2. The Morgan fingerprint density at radius 2 is 0.654 bits per heavy atom. The molecule has 8 heteroatoms. The highest BCUT2D eigenvalue weighted by atomic mass is 15.2. The van der Waals surface area contributed by atoms with E-state index in [1.807, 2.05) is 0 Å². The molecule has 2 aliphatic rings. The van der Waals surface area contributed by atoms with Crippen molar-refractivity contribution in [2.45, 2.75) is 131 Å². The summed E-state index contributed by atoms with van der Waals surface area (Å²) in [6.45, 7) is 30.7. The number of hydrogen-bond donors (Lipinski definition) is 0. The molecule has 0 saturated heterocycles. The smallest absolute Gasteiger partial charge is 0.0547 e. The van der Waals surface area contributed by atoms with Crippen LogP contribution in [0.5, 0.6) is 0 Å². The lowest BCUT2D eigenvalue weighted by Crippen LogP contribution is -2.38. The summed E-state index contributed by atoms with van der Waals surface area (Å²) in [6, 6.07) is 24.6. The molecule has 2 aromatic heterocycles. The molecule has 2 aliphatic heterocycles. The molecule has 0 aliphatic carbocycles. The number of fused-ring (bicyclic) bond motifs is 4. The highest BCUT2D eigenvalue weighted by Crippen LogP contribution is 2.25. The van der Waals surface area contributed by atoms with E-state index in [0.717, 1.165) is 104 Å². The molecule has 0 radical (unpaired) electrons. The van der Waals surface area contributed by atoms with Gasteiger partial charge in [0.1, 0.15) is 0 Å². The SMILES string of the molecule is CC(C)N1CCCN(c2cccc(N3CCCN(C(C)C)Cc4cccc(n4)CN(C(C)C)CCC3)c2)CCCN(C(C)C)Cc2cccc(n2)C1. The lowest BCUT2D eigenvalue weighted by atomic mass is 10.1. The number of rotatable bonds is 6. The van der Waals surface area contributed by atoms with Crippen molar-refractivity contribution in [3.63, 3.8) is 0 Å². The summed E-state index contributed by atoms with van der Waals surface area (Å²) in [5.41, 5.74) is 7.47. The zero-order chi connectivity index (χ0) is 37.0. The highest BCUT2D eigenvalue weighted by Gasteiger charge is 2.20. The zero-order valence-corrected chi connectivity index (χ0v) is 34.0. The summed E-state index contributed by atoms with van der Waals surface area (Å²) in [7, 11) is 0. The molecule has 0 spiro atoms. The van der Waals surface area contributed by atoms with Gasteiger partial charge in [0.2, 0.25) is 0 Å². The quantitative estimate of drug-likeness (QED) is 0.256. The van der Waals surface area contributed by atoms with Gasteiger partial charge in [-0.05, 0) is 124 Å². The van der Waals surface area contributed by atoms with Crippen LogP contribution in [0.3, 0.4) is 0 Å². The van der Waals surface area contributed by atoms with Crippen LogP contribution in [0, 0.1) is 0 Å². The van der Waals surface area contributed by atoms with Crippen LogP contribution < -0.4 is 9.80 Å². The average molecular weight is 711 g/mol. The van der Waals surface area contributed by atoms with E-state index in [2.05, 4.69) is 145 Å². The Bertz CT molecular complexity index is 1300. The summed E-state index contributed by atoms with van der Waals surface area (Å²) in [4.78, 5) is 26.0. The van der Waals surface area contributed by atoms with Crippen molar-refractivity contribution in [2.75, 3.05) is 62.2 Å². The van der Waals surface area contributed by atoms with Gasteiger partial charge in [0, 0.05) is 114 Å². The molecule has 4 bridgehead atoms. The first kappa shape index (κ1) is 40.2. The molecule has 0 atom stereocenters. The molecule has 0 saturated carbocycles. The average Bonchev–Trinajstić information content (AvgIpc) is 3.11. The first-order valence-corrected chi connectivity index (χ1v) is 20.5. The Hall–Kier alpha value is -3.04. The van der Waals surface area contributed by atoms with Gasteiger partial charge >= 0.3 is 0 Å². The summed E-state index contributed by atoms with van der Waals surface area (Å²) in [5.74, 6) is 0. The van der Waals surface area contributed by atoms with Crippen LogP contribution in [0.4, 0.5) is 11.4 Å². The van der Waals surface area contributed by atoms with Crippen LogP contribution in [-0.4, -0.2) is 106 Å². The summed E-state index contributed by atoms with van der Waals surface area (Å²) >= 11 is 0. The molecule has 0 N–H and O–H groups in total. The molecule has 8 nitrogen and oxygen atoms in total. The number of benzene rings is 1. The maximum atomic E-state index is 5.11. The Morgan fingerprint density at radius 1 is 0.385 bits per heavy atom. The number of anilines is 2. The first-order valence-electron chi connectivity index (χ1n) is 20.5. The Balaban J connectivity index is 1.36. The topological polar surface area (TPSA) is 45.2 Å². The van der Waals surface area contributed by atoms with E-state index < -0.39 is 0 Å². The monoisotopic (exact) mass is 711 g/mol. The fourth-order valence-corrected chi connectivity index (χ4v) is 7.81. The van der Waals surface area contributed by atoms with Gasteiger partial charge in [-0.2, -0.15) is 0 Å². The van der Waals surface area contributed by atoms with Gasteiger partial charge in [0.15, 0.2) is 0 Å². The highest BCUT2D eigenvalue weighted by molar-refractivity contribution is 5.59. The summed E-state index contributed by atoms with van der Waals surface area (Å²) in [6.07, 6.45) is 4.53. The van der Waals surface area contributed by atoms with Crippen LogP contribution >= 0.6 is 0 Å². The van der Waals surface area contributed by atoms with Crippen LogP contribution in [0.2, 0.25) is 0 Å². The van der Waals surface area contributed by atoms with Gasteiger partial charge in [-0.1, -0.05) is 18.2 Å². The standard InChI is InChI=1S/C44H70N8/c1-35(2)49-26-12-22-47(23-13-27-50(36(3)4)32-40-17-9-16-39(31-49)45-40)43-20-11-21-44(30-43)48-24-14-28-51(37(5)6)33-41-18-10-19-42(46-41)34-52(38(7)8)29-15-25-48/h9-11,16-21,30,35-38H,12-15,22-29,31-34H2,1-8H3. The maximum absolute atomic E-state index is 5.11. The maximum Gasteiger partial charge on any atom is 0.0547 e. The molecule has 5 rings (SSSR count). The predicted octanol–water partition coefficient (Wildman–Crippen LogP) is 7.92. The van der Waals surface area contributed by atoms with E-state index in [-0.39, 0.29) is 0 Å². The minimum atomic E-state index is 0.476. The Labute approximate surface area is 317 Å². The normalized spacial score (nSPS) is 19.4. The molecule has 286 valence electrons. The second-order valence-corrected chi connectivity index (χ2v) is 16.4. The third kappa shape index (κ3) is 12.0. The lowest BCUT2D eigenvalue weighted by molar-refractivity contribution is 0.199. The van der Waals surface area contributed by atoms with E-state index in [1.165, 1.54) is 34.2 Å². The molecule has 0 amide bonds. The van der Waals surface area contributed by atoms with Gasteiger partial charge in [-0.15, -0.1) is 0 Å². The van der Waals surface area contributed by atoms with Crippen LogP contribution in [0.1, 0.15) is 104 Å². The molecule has 4 heterocycles. The fourth-order valence-electron chi connectivity index (χ4n) is 7.81. The van der Waals surface area contributed by atoms with Gasteiger partial charge in [0.25, 0.3) is 0 Å². The Morgan fingerprint density at radius 3 is 0.923 bits per heavy atom. The van der Waals surface area contributed by atoms with Crippen molar-refractivity contribution >= 4 is 11.4 Å². The van der Waals surface area contributed by atoms with Crippen molar-refractivity contribution < 1.29 is 0 Å². The van der Waals surface area contributed by atoms with Crippen molar-refractivity contribution in [1.29, 1.82) is 0 Å². The molecular formula is C44H70N8. The largest absolute Gasteiger partial charge is 0.371 e. The van der Waals surface area contributed by atoms with E-state index in [1.54, 1.807) is 0 Å². The summed E-state index contributed by atoms with van der Waals surface area (Å²) in [5, 5.41) is 0. The van der Waals surface area contributed by atoms with Gasteiger partial charge in [0.05, 0.1) is 22.8 Å². The van der Waals surface area contributed by atoms with Gasteiger partial charge in [-0.3, -0.25) is 29.6 Å². The van der Waals surface area contributed by atoms with E-state index in [9.17, 15) is 0 Å². The fraction of sp³-hybridized carbons (Fsp3) is 0.636. The van der Waals surface area contributed by atoms with Crippen LogP contribution in [0.25, 0.3) is 0 Å². The van der Waals surface area contributed by atoms with E-state index in [0.29, 0.717) is 24.2 Å². The third-order valence-corrected chi connectivity index (χ3v) is 11.2. The van der Waals surface area contributed by atoms with Crippen molar-refractivity contribution in [3.8, 4) is 0 Å². The first-order chi connectivity index (χ1) is 25.0. The molecule has 0 fully saturated rings. The predicted molar refractivity (Wildman–Crippen MR) is 220 cm³/mol. The van der Waals surface area contributed by atoms with Crippen LogP contribution in [-0.2, 0) is 26.2 Å². The third-order valence-electron chi connectivity index (χ3n) is 11.2. The number of nitrogens with zero attached hydrogens (tertiary/aromatic N) is 8. The summed E-state index contributed by atoms with van der Waals surface area (Å²) < 4.78 is 0. The van der Waals surface area contributed by atoms with Crippen molar-refractivity contribution in [3.05, 3.63) is 83.4 Å². The van der Waals surface area contributed by atoms with Gasteiger partial charge in [-0.25, -0.2) is 0 Å². The second kappa shape index (κ2) is 19.9. The Kier molecular flexibility index (Phi) is 15.3. The minimum absolute atomic E-state index is 0.476. The molecule has 1 aromatic carbocycles. The lowest BCUT2D eigenvalue weighted by Gasteiger charge is -2.33. The second-order valence-electron chi connectivity index (χ2n) is 16.4. The van der Waals surface area contributed by atoms with E-state index >= 15 is 0 Å². The minimum Gasteiger partial charge on any atom is -0.371 e. The van der Waals surface area contributed by atoms with Crippen molar-refractivity contribution in [2.24, 2.45) is 0 Å². The van der Waals surface area contributed by atoms with Crippen molar-refractivity contribution in [1.82, 2.24) is 29.6 Å². The molecule has 0 unspecified atom stereocenters. The number of aromatic nitrogens is 2. The molecular weight excluding hydrogens is 641 g/mol. The van der Waals surface area contributed by atoms with Crippen LogP contribution in [0.15, 0.2) is 60.7 Å². The van der Waals surface area contributed by atoms with Gasteiger partial charge < -0.3 is 9.80 Å².